The lowest BCUT2D eigenvalue weighted by atomic mass is 9.96. The van der Waals surface area contributed by atoms with Gasteiger partial charge in [-0.25, -0.2) is 0 Å². The first-order valence-corrected chi connectivity index (χ1v) is 7.11. The average Bonchev–Trinajstić information content (AvgIpc) is 2.37. The number of methoxy groups -OCH3 is 1. The zero-order valence-corrected chi connectivity index (χ0v) is 13.3. The topological polar surface area (TPSA) is 52.4 Å². The number of hydrogen-bond acceptors (Lipinski definition) is 3. The molecule has 0 spiro atoms. The summed E-state index contributed by atoms with van der Waals surface area (Å²) in [6, 6.07) is 6.65. The van der Waals surface area contributed by atoms with Gasteiger partial charge >= 0.3 is 0 Å². The first-order valence-electron chi connectivity index (χ1n) is 5.52. The van der Waals surface area contributed by atoms with Gasteiger partial charge in [-0.05, 0) is 6.07 Å². The summed E-state index contributed by atoms with van der Waals surface area (Å²) >= 11 is 7.01. The van der Waals surface area contributed by atoms with Gasteiger partial charge < -0.3 is 4.74 Å². The van der Waals surface area contributed by atoms with Gasteiger partial charge in [0.1, 0.15) is 8.99 Å². The number of ether oxygens (including phenoxy) is 1. The fourth-order valence-corrected chi connectivity index (χ4v) is 2.72. The van der Waals surface area contributed by atoms with Crippen LogP contribution in [-0.4, -0.2) is 15.3 Å². The molecule has 0 aliphatic heterocycles. The molecular formula is C13H11Br2NO3. The number of rotatable bonds is 3. The Morgan fingerprint density at radius 1 is 1.37 bits per heavy atom. The lowest BCUT2D eigenvalue weighted by Gasteiger charge is -2.24. The SMILES string of the molecule is COC1=C(c2ccccc2[N+](=O)[O-])C=CC(Br)(Br)C1. The molecule has 0 fully saturated rings. The van der Waals surface area contributed by atoms with E-state index in [4.69, 9.17) is 4.74 Å². The lowest BCUT2D eigenvalue weighted by Crippen LogP contribution is -2.14. The first kappa shape index (κ1) is 14.3. The van der Waals surface area contributed by atoms with Crippen LogP contribution in [0, 0.1) is 10.1 Å². The number of hydrogen-bond donors (Lipinski definition) is 0. The third-order valence-electron chi connectivity index (χ3n) is 2.83. The van der Waals surface area contributed by atoms with E-state index in [0.717, 1.165) is 5.57 Å². The van der Waals surface area contributed by atoms with Gasteiger partial charge in [-0.15, -0.1) is 0 Å². The molecule has 6 heteroatoms. The third kappa shape index (κ3) is 3.06. The second-order valence-corrected chi connectivity index (χ2v) is 7.98. The van der Waals surface area contributed by atoms with E-state index in [1.165, 1.54) is 6.07 Å². The Hall–Kier alpha value is -1.14. The Bertz CT molecular complexity index is 579. The summed E-state index contributed by atoms with van der Waals surface area (Å²) in [4.78, 5) is 10.7. The zero-order chi connectivity index (χ0) is 14.0. The van der Waals surface area contributed by atoms with Crippen molar-refractivity contribution in [1.29, 1.82) is 0 Å². The standard InChI is InChI=1S/C13H11Br2NO3/c1-19-12-8-13(14,15)7-6-10(12)9-4-2-3-5-11(9)16(17)18/h2-7H,8H2,1H3. The van der Waals surface area contributed by atoms with Crippen LogP contribution in [0.15, 0.2) is 42.2 Å². The summed E-state index contributed by atoms with van der Waals surface area (Å²) in [5, 5.41) is 11.1. The predicted molar refractivity (Wildman–Crippen MR) is 81.4 cm³/mol. The van der Waals surface area contributed by atoms with Gasteiger partial charge in [0.25, 0.3) is 5.69 Å². The van der Waals surface area contributed by atoms with Gasteiger partial charge in [0.05, 0.1) is 17.6 Å². The van der Waals surface area contributed by atoms with Crippen LogP contribution in [-0.2, 0) is 4.74 Å². The van der Waals surface area contributed by atoms with Crippen molar-refractivity contribution in [2.24, 2.45) is 0 Å². The van der Waals surface area contributed by atoms with Gasteiger partial charge in [0.2, 0.25) is 0 Å². The Labute approximate surface area is 127 Å². The molecule has 0 bridgehead atoms. The van der Waals surface area contributed by atoms with E-state index in [1.54, 1.807) is 25.3 Å². The van der Waals surface area contributed by atoms with Crippen molar-refractivity contribution in [3.63, 3.8) is 0 Å². The summed E-state index contributed by atoms with van der Waals surface area (Å²) in [7, 11) is 1.57. The molecule has 0 amide bonds. The maximum absolute atomic E-state index is 11.1. The molecular weight excluding hydrogens is 378 g/mol. The minimum Gasteiger partial charge on any atom is -0.500 e. The molecule has 0 unspecified atom stereocenters. The van der Waals surface area contributed by atoms with Crippen LogP contribution in [0.1, 0.15) is 12.0 Å². The molecule has 0 radical (unpaired) electrons. The summed E-state index contributed by atoms with van der Waals surface area (Å²) < 4.78 is 5.01. The number of alkyl halides is 2. The molecule has 0 heterocycles. The number of nitrogens with zero attached hydrogens (tertiary/aromatic N) is 1. The Morgan fingerprint density at radius 2 is 2.05 bits per heavy atom. The van der Waals surface area contributed by atoms with Gasteiger partial charge in [-0.1, -0.05) is 56.1 Å². The number of halogens is 2. The second-order valence-electron chi connectivity index (χ2n) is 4.09. The van der Waals surface area contributed by atoms with E-state index in [0.29, 0.717) is 17.7 Å². The summed E-state index contributed by atoms with van der Waals surface area (Å²) in [5.41, 5.74) is 1.38. The van der Waals surface area contributed by atoms with Crippen molar-refractivity contribution in [3.05, 3.63) is 57.9 Å². The molecule has 19 heavy (non-hydrogen) atoms. The van der Waals surface area contributed by atoms with Crippen molar-refractivity contribution in [3.8, 4) is 0 Å². The van der Waals surface area contributed by atoms with Gasteiger partial charge in [-0.3, -0.25) is 10.1 Å². The molecule has 100 valence electrons. The summed E-state index contributed by atoms with van der Waals surface area (Å²) in [5.74, 6) is 0.700. The lowest BCUT2D eigenvalue weighted by molar-refractivity contribution is -0.385. The number of benzene rings is 1. The fourth-order valence-electron chi connectivity index (χ4n) is 1.95. The van der Waals surface area contributed by atoms with Crippen LogP contribution in [0.25, 0.3) is 5.57 Å². The average molecular weight is 389 g/mol. The molecule has 1 aromatic rings. The van der Waals surface area contributed by atoms with Crippen LogP contribution in [0.2, 0.25) is 0 Å². The molecule has 0 aromatic heterocycles. The number of nitro benzene ring substituents is 1. The van der Waals surface area contributed by atoms with E-state index in [2.05, 4.69) is 31.9 Å². The van der Waals surface area contributed by atoms with Gasteiger partial charge in [0, 0.05) is 18.1 Å². The van der Waals surface area contributed by atoms with Gasteiger partial charge in [-0.2, -0.15) is 0 Å². The second kappa shape index (κ2) is 5.46. The monoisotopic (exact) mass is 387 g/mol. The highest BCUT2D eigenvalue weighted by atomic mass is 79.9. The first-order chi connectivity index (χ1) is 8.94. The predicted octanol–water partition coefficient (Wildman–Crippen LogP) is 4.40. The van der Waals surface area contributed by atoms with Crippen LogP contribution < -0.4 is 0 Å². The maximum Gasteiger partial charge on any atom is 0.277 e. The van der Waals surface area contributed by atoms with Crippen molar-refractivity contribution in [1.82, 2.24) is 0 Å². The number of allylic oxidation sites excluding steroid dienone is 4. The molecule has 1 aromatic carbocycles. The van der Waals surface area contributed by atoms with Crippen LogP contribution in [0.3, 0.4) is 0 Å². The summed E-state index contributed by atoms with van der Waals surface area (Å²) in [6.07, 6.45) is 4.30. The van der Waals surface area contributed by atoms with Crippen molar-refractivity contribution in [2.45, 2.75) is 9.65 Å². The van der Waals surface area contributed by atoms with E-state index in [1.807, 2.05) is 12.2 Å². The van der Waals surface area contributed by atoms with Crippen molar-refractivity contribution in [2.75, 3.05) is 7.11 Å². The molecule has 1 aliphatic carbocycles. The largest absolute Gasteiger partial charge is 0.500 e. The number of para-hydroxylation sites is 1. The molecule has 0 N–H and O–H groups in total. The molecule has 0 saturated heterocycles. The minimum atomic E-state index is -0.381. The number of nitro groups is 1. The minimum absolute atomic E-state index is 0.0772. The zero-order valence-electron chi connectivity index (χ0n) is 10.1. The molecule has 2 rings (SSSR count). The highest BCUT2D eigenvalue weighted by Crippen LogP contribution is 2.43. The van der Waals surface area contributed by atoms with E-state index in [9.17, 15) is 10.1 Å². The van der Waals surface area contributed by atoms with Gasteiger partial charge in [0.15, 0.2) is 0 Å². The molecule has 0 saturated carbocycles. The van der Waals surface area contributed by atoms with E-state index < -0.39 is 0 Å². The molecule has 4 nitrogen and oxygen atoms in total. The Kier molecular flexibility index (Phi) is 4.10. The molecule has 1 aliphatic rings. The van der Waals surface area contributed by atoms with Crippen LogP contribution in [0.4, 0.5) is 5.69 Å². The third-order valence-corrected chi connectivity index (χ3v) is 3.92. The fraction of sp³-hybridized carbons (Fsp3) is 0.231. The van der Waals surface area contributed by atoms with Crippen LogP contribution >= 0.6 is 31.9 Å². The van der Waals surface area contributed by atoms with Crippen molar-refractivity contribution < 1.29 is 9.66 Å². The maximum atomic E-state index is 11.1. The van der Waals surface area contributed by atoms with Crippen LogP contribution in [0.5, 0.6) is 0 Å². The van der Waals surface area contributed by atoms with E-state index in [-0.39, 0.29) is 13.8 Å². The molecule has 0 atom stereocenters. The van der Waals surface area contributed by atoms with E-state index >= 15 is 0 Å². The summed E-state index contributed by atoms with van der Waals surface area (Å²) in [6.45, 7) is 0. The highest BCUT2D eigenvalue weighted by molar-refractivity contribution is 9.25. The Balaban J connectivity index is 2.55. The smallest absolute Gasteiger partial charge is 0.277 e. The normalized spacial score (nSPS) is 17.4. The quantitative estimate of drug-likeness (QED) is 0.438. The Morgan fingerprint density at radius 3 is 2.68 bits per heavy atom. The highest BCUT2D eigenvalue weighted by Gasteiger charge is 2.29. The van der Waals surface area contributed by atoms with Crippen molar-refractivity contribution >= 4 is 43.1 Å².